The Labute approximate surface area is 183 Å². The highest BCUT2D eigenvalue weighted by Gasteiger charge is 2.43. The van der Waals surface area contributed by atoms with E-state index >= 15 is 0 Å². The molecule has 31 heavy (non-hydrogen) atoms. The van der Waals surface area contributed by atoms with E-state index in [1.54, 1.807) is 24.3 Å². The Bertz CT molecular complexity index is 1070. The predicted octanol–water partition coefficient (Wildman–Crippen LogP) is 3.42. The van der Waals surface area contributed by atoms with Crippen molar-refractivity contribution in [3.8, 4) is 0 Å². The van der Waals surface area contributed by atoms with E-state index in [0.29, 0.717) is 11.1 Å². The molecule has 2 aromatic carbocycles. The molecule has 0 saturated heterocycles. The van der Waals surface area contributed by atoms with Crippen molar-refractivity contribution in [2.24, 2.45) is 0 Å². The zero-order valence-electron chi connectivity index (χ0n) is 17.7. The second-order valence-corrected chi connectivity index (χ2v) is 10.7. The zero-order chi connectivity index (χ0) is 22.5. The molecule has 0 aliphatic heterocycles. The van der Waals surface area contributed by atoms with Crippen LogP contribution in [0.3, 0.4) is 0 Å². The predicted molar refractivity (Wildman–Crippen MR) is 120 cm³/mol. The van der Waals surface area contributed by atoms with Crippen molar-refractivity contribution >= 4 is 27.8 Å². The second kappa shape index (κ2) is 9.47. The summed E-state index contributed by atoms with van der Waals surface area (Å²) < 4.78 is 29.7. The van der Waals surface area contributed by atoms with Crippen molar-refractivity contribution in [2.45, 2.75) is 49.8 Å². The van der Waals surface area contributed by atoms with Crippen LogP contribution in [0, 0.1) is 0 Å². The summed E-state index contributed by atoms with van der Waals surface area (Å²) in [5.74, 6) is -1.31. The van der Waals surface area contributed by atoms with Gasteiger partial charge in [0.15, 0.2) is 9.84 Å². The van der Waals surface area contributed by atoms with Crippen molar-refractivity contribution < 1.29 is 22.7 Å². The summed E-state index contributed by atoms with van der Waals surface area (Å²) in [6.45, 7) is 3.02. The lowest BCUT2D eigenvalue weighted by molar-refractivity contribution is -0.138. The van der Waals surface area contributed by atoms with Crippen molar-refractivity contribution in [1.29, 1.82) is 0 Å². The van der Waals surface area contributed by atoms with Crippen LogP contribution in [0.5, 0.6) is 0 Å². The lowest BCUT2D eigenvalue weighted by Gasteiger charge is -2.24. The molecule has 1 N–H and O–H groups in total. The van der Waals surface area contributed by atoms with Crippen LogP contribution in [0.25, 0.3) is 6.08 Å². The van der Waals surface area contributed by atoms with Crippen molar-refractivity contribution in [3.63, 3.8) is 0 Å². The molecular weight excluding hydrogens is 414 g/mol. The Kier molecular flexibility index (Phi) is 6.95. The largest absolute Gasteiger partial charge is 0.458 e. The summed E-state index contributed by atoms with van der Waals surface area (Å²) >= 11 is 0. The van der Waals surface area contributed by atoms with Gasteiger partial charge in [-0.25, -0.2) is 13.2 Å². The summed E-state index contributed by atoms with van der Waals surface area (Å²) in [5, 5.41) is 2.77. The number of benzene rings is 2. The smallest absolute Gasteiger partial charge is 0.331 e. The first-order chi connectivity index (χ1) is 14.7. The van der Waals surface area contributed by atoms with Crippen LogP contribution < -0.4 is 5.32 Å². The Balaban J connectivity index is 1.68. The van der Waals surface area contributed by atoms with E-state index < -0.39 is 26.5 Å². The van der Waals surface area contributed by atoms with Gasteiger partial charge in [0.05, 0.1) is 5.75 Å². The molecule has 6 nitrogen and oxygen atoms in total. The van der Waals surface area contributed by atoms with Crippen molar-refractivity contribution in [1.82, 2.24) is 5.32 Å². The molecule has 7 heteroatoms. The number of carbonyl (C=O) groups is 2. The molecule has 1 saturated carbocycles. The van der Waals surface area contributed by atoms with Gasteiger partial charge in [0.1, 0.15) is 11.4 Å². The zero-order valence-corrected chi connectivity index (χ0v) is 18.5. The lowest BCUT2D eigenvalue weighted by Crippen LogP contribution is -2.49. The third kappa shape index (κ3) is 6.04. The number of rotatable bonds is 9. The molecule has 0 radical (unpaired) electrons. The van der Waals surface area contributed by atoms with Crippen molar-refractivity contribution in [2.75, 3.05) is 0 Å². The molecule has 0 spiro atoms. The van der Waals surface area contributed by atoms with Gasteiger partial charge in [-0.2, -0.15) is 0 Å². The molecule has 1 aliphatic rings. The van der Waals surface area contributed by atoms with Gasteiger partial charge in [-0.05, 0) is 49.5 Å². The van der Waals surface area contributed by atoms with Gasteiger partial charge in [-0.3, -0.25) is 4.79 Å². The molecule has 0 bridgehead atoms. The summed E-state index contributed by atoms with van der Waals surface area (Å²) in [5.41, 5.74) is 1.98. The van der Waals surface area contributed by atoms with E-state index in [2.05, 4.69) is 5.32 Å². The molecule has 0 heterocycles. The van der Waals surface area contributed by atoms with Gasteiger partial charge in [0.2, 0.25) is 5.91 Å². The fourth-order valence-electron chi connectivity index (χ4n) is 2.88. The molecule has 3 rings (SSSR count). The van der Waals surface area contributed by atoms with Crippen LogP contribution in [0.4, 0.5) is 0 Å². The van der Waals surface area contributed by atoms with E-state index in [4.69, 9.17) is 4.74 Å². The molecule has 1 aliphatic carbocycles. The van der Waals surface area contributed by atoms with Crippen molar-refractivity contribution in [3.05, 3.63) is 77.4 Å². The summed E-state index contributed by atoms with van der Waals surface area (Å²) in [6, 6.07) is 16.3. The minimum absolute atomic E-state index is 0.0825. The highest BCUT2D eigenvalue weighted by molar-refractivity contribution is 7.92. The third-order valence-corrected chi connectivity index (χ3v) is 7.69. The van der Waals surface area contributed by atoms with E-state index in [1.807, 2.05) is 30.3 Å². The highest BCUT2D eigenvalue weighted by atomic mass is 32.2. The number of ether oxygens (including phenoxy) is 1. The first-order valence-electron chi connectivity index (χ1n) is 10.2. The Morgan fingerprint density at radius 3 is 2.39 bits per heavy atom. The Morgan fingerprint density at radius 2 is 1.71 bits per heavy atom. The molecular formula is C24H27NO5S. The normalized spacial score (nSPS) is 14.4. The summed E-state index contributed by atoms with van der Waals surface area (Å²) in [4.78, 5) is 24.5. The maximum Gasteiger partial charge on any atom is 0.331 e. The molecule has 2 aromatic rings. The van der Waals surface area contributed by atoms with Crippen LogP contribution in [0.1, 0.15) is 43.4 Å². The van der Waals surface area contributed by atoms with Crippen LogP contribution in [0.2, 0.25) is 0 Å². The van der Waals surface area contributed by atoms with Crippen LogP contribution in [-0.2, 0) is 36.5 Å². The topological polar surface area (TPSA) is 89.5 Å². The second-order valence-electron chi connectivity index (χ2n) is 8.14. The van der Waals surface area contributed by atoms with E-state index in [0.717, 1.165) is 18.4 Å². The number of esters is 1. The van der Waals surface area contributed by atoms with Gasteiger partial charge in [0, 0.05) is 12.1 Å². The van der Waals surface area contributed by atoms with Gasteiger partial charge in [0.25, 0.3) is 0 Å². The van der Waals surface area contributed by atoms with Crippen LogP contribution in [-0.4, -0.2) is 31.1 Å². The Hall–Kier alpha value is -2.93. The van der Waals surface area contributed by atoms with Crippen LogP contribution in [0.15, 0.2) is 60.7 Å². The monoisotopic (exact) mass is 441 g/mol. The molecule has 0 aromatic heterocycles. The number of carbonyl (C=O) groups excluding carboxylic acids is 2. The maximum atomic E-state index is 13.0. The standard InChI is InChI=1S/C24H27NO5S/c1-24(2,23(27)25-21-13-14-21)31(28,29)17-20-11-7-6-10-19(20)12-15-22(26)30-16-18-8-4-3-5-9-18/h3-12,15,21H,13-14,16-17H2,1-2H3,(H,25,27)/b15-12+. The summed E-state index contributed by atoms with van der Waals surface area (Å²) in [7, 11) is -3.80. The first kappa shape index (κ1) is 22.7. The van der Waals surface area contributed by atoms with Gasteiger partial charge in [-0.15, -0.1) is 0 Å². The number of hydrogen-bond donors (Lipinski definition) is 1. The maximum absolute atomic E-state index is 13.0. The molecule has 0 unspecified atom stereocenters. The van der Waals surface area contributed by atoms with Crippen LogP contribution >= 0.6 is 0 Å². The molecule has 164 valence electrons. The minimum Gasteiger partial charge on any atom is -0.458 e. The number of hydrogen-bond acceptors (Lipinski definition) is 5. The van der Waals surface area contributed by atoms with E-state index in [9.17, 15) is 18.0 Å². The molecule has 1 amide bonds. The third-order valence-electron chi connectivity index (χ3n) is 5.26. The first-order valence-corrected chi connectivity index (χ1v) is 11.8. The molecule has 0 atom stereocenters. The van der Waals surface area contributed by atoms with E-state index in [1.165, 1.54) is 26.0 Å². The minimum atomic E-state index is -3.80. The van der Waals surface area contributed by atoms with E-state index in [-0.39, 0.29) is 18.4 Å². The van der Waals surface area contributed by atoms with Gasteiger partial charge in [-0.1, -0.05) is 54.6 Å². The average Bonchev–Trinajstić information content (AvgIpc) is 3.56. The number of amides is 1. The van der Waals surface area contributed by atoms with Gasteiger partial charge < -0.3 is 10.1 Å². The van der Waals surface area contributed by atoms with Gasteiger partial charge >= 0.3 is 5.97 Å². The fourth-order valence-corrected chi connectivity index (χ4v) is 4.25. The number of sulfone groups is 1. The number of nitrogens with one attached hydrogen (secondary N) is 1. The fraction of sp³-hybridized carbons (Fsp3) is 0.333. The summed E-state index contributed by atoms with van der Waals surface area (Å²) in [6.07, 6.45) is 4.58. The quantitative estimate of drug-likeness (QED) is 0.476. The SMILES string of the molecule is CC(C)(C(=O)NC1CC1)S(=O)(=O)Cc1ccccc1/C=C/C(=O)OCc1ccccc1. The molecule has 1 fully saturated rings. The Morgan fingerprint density at radius 1 is 1.06 bits per heavy atom. The average molecular weight is 442 g/mol. The highest BCUT2D eigenvalue weighted by Crippen LogP contribution is 2.26. The lowest BCUT2D eigenvalue weighted by atomic mass is 10.1.